The number of nitrogens with one attached hydrogen (secondary N) is 2. The number of carbonyl (C=O) groups is 1. The second-order valence-corrected chi connectivity index (χ2v) is 8.10. The fourth-order valence-electron chi connectivity index (χ4n) is 3.57. The van der Waals surface area contributed by atoms with Gasteiger partial charge in [0.15, 0.2) is 0 Å². The highest BCUT2D eigenvalue weighted by Gasteiger charge is 2.31. The molecule has 28 heavy (non-hydrogen) atoms. The summed E-state index contributed by atoms with van der Waals surface area (Å²) in [5, 5.41) is 12.1. The highest BCUT2D eigenvalue weighted by atomic mass is 16.4. The lowest BCUT2D eigenvalue weighted by molar-refractivity contribution is 0.184. The minimum absolute atomic E-state index is 0.0331. The summed E-state index contributed by atoms with van der Waals surface area (Å²) < 4.78 is 0. The second kappa shape index (κ2) is 8.30. The van der Waals surface area contributed by atoms with Crippen LogP contribution in [0.25, 0.3) is 11.3 Å². The molecule has 0 spiro atoms. The molecule has 3 rings (SSSR count). The van der Waals surface area contributed by atoms with Crippen molar-refractivity contribution in [2.45, 2.75) is 39.2 Å². The van der Waals surface area contributed by atoms with Crippen LogP contribution >= 0.6 is 0 Å². The van der Waals surface area contributed by atoms with Crippen molar-refractivity contribution < 1.29 is 9.90 Å². The van der Waals surface area contributed by atoms with Crippen LogP contribution in [-0.4, -0.2) is 21.2 Å². The minimum atomic E-state index is -1.05. The zero-order chi connectivity index (χ0) is 20.1. The van der Waals surface area contributed by atoms with Crippen molar-refractivity contribution in [2.75, 3.05) is 0 Å². The number of hydrogen-bond donors (Lipinski definition) is 3. The van der Waals surface area contributed by atoms with Crippen LogP contribution in [0.3, 0.4) is 0 Å². The van der Waals surface area contributed by atoms with Crippen molar-refractivity contribution in [3.8, 4) is 11.3 Å². The normalized spacial score (nSPS) is 13.7. The number of nitrogens with zero attached hydrogens (tertiary/aromatic N) is 1. The van der Waals surface area contributed by atoms with Crippen molar-refractivity contribution in [3.63, 3.8) is 0 Å². The number of hydrogen-bond acceptors (Lipinski definition) is 2. The first-order valence-corrected chi connectivity index (χ1v) is 9.49. The molecule has 0 saturated heterocycles. The van der Waals surface area contributed by atoms with Gasteiger partial charge in [0.05, 0.1) is 11.7 Å². The molecule has 3 aromatic rings. The average molecular weight is 377 g/mol. The first kappa shape index (κ1) is 19.7. The lowest BCUT2D eigenvalue weighted by atomic mass is 9.73. The van der Waals surface area contributed by atoms with E-state index in [1.54, 1.807) is 0 Å². The molecule has 1 amide bonds. The van der Waals surface area contributed by atoms with E-state index in [9.17, 15) is 9.90 Å². The quantitative estimate of drug-likeness (QED) is 0.523. The molecule has 0 fully saturated rings. The Balaban J connectivity index is 1.92. The smallest absolute Gasteiger partial charge is 0.405 e. The lowest BCUT2D eigenvalue weighted by Crippen LogP contribution is -2.31. The van der Waals surface area contributed by atoms with E-state index in [1.165, 1.54) is 5.56 Å². The molecule has 5 heteroatoms. The summed E-state index contributed by atoms with van der Waals surface area (Å²) in [4.78, 5) is 19.3. The van der Waals surface area contributed by atoms with Gasteiger partial charge in [0.25, 0.3) is 0 Å². The van der Waals surface area contributed by atoms with Gasteiger partial charge in [0, 0.05) is 11.8 Å². The molecule has 0 saturated carbocycles. The van der Waals surface area contributed by atoms with Crippen molar-refractivity contribution in [1.82, 2.24) is 15.3 Å². The largest absolute Gasteiger partial charge is 0.465 e. The summed E-state index contributed by atoms with van der Waals surface area (Å²) >= 11 is 0. The molecule has 2 atom stereocenters. The first-order valence-electron chi connectivity index (χ1n) is 9.49. The Hall–Kier alpha value is -3.08. The fourth-order valence-corrected chi connectivity index (χ4v) is 3.57. The number of imidazole rings is 1. The summed E-state index contributed by atoms with van der Waals surface area (Å²) in [5.41, 5.74) is 2.96. The Bertz CT molecular complexity index is 898. The number of aromatic nitrogens is 2. The average Bonchev–Trinajstić information content (AvgIpc) is 3.15. The van der Waals surface area contributed by atoms with Gasteiger partial charge in [-0.05, 0) is 23.3 Å². The maximum Gasteiger partial charge on any atom is 0.405 e. The zero-order valence-corrected chi connectivity index (χ0v) is 16.5. The molecule has 0 aliphatic heterocycles. The highest BCUT2D eigenvalue weighted by Crippen LogP contribution is 2.41. The number of H-pyrrole nitrogens is 1. The Morgan fingerprint density at radius 1 is 1.07 bits per heavy atom. The van der Waals surface area contributed by atoms with Crippen LogP contribution < -0.4 is 5.32 Å². The van der Waals surface area contributed by atoms with Gasteiger partial charge in [-0.3, -0.25) is 0 Å². The van der Waals surface area contributed by atoms with Crippen molar-refractivity contribution in [3.05, 3.63) is 78.2 Å². The van der Waals surface area contributed by atoms with Crippen molar-refractivity contribution in [2.24, 2.45) is 5.41 Å². The van der Waals surface area contributed by atoms with Gasteiger partial charge in [-0.15, -0.1) is 0 Å². The van der Waals surface area contributed by atoms with E-state index in [0.717, 1.165) is 11.3 Å². The van der Waals surface area contributed by atoms with E-state index >= 15 is 0 Å². The Morgan fingerprint density at radius 2 is 1.68 bits per heavy atom. The van der Waals surface area contributed by atoms with E-state index in [2.05, 4.69) is 48.2 Å². The Kier molecular flexibility index (Phi) is 5.83. The van der Waals surface area contributed by atoms with E-state index < -0.39 is 12.1 Å². The van der Waals surface area contributed by atoms with Gasteiger partial charge in [-0.1, -0.05) is 81.4 Å². The molecule has 1 heterocycles. The summed E-state index contributed by atoms with van der Waals surface area (Å²) in [6, 6.07) is 19.7. The number of rotatable bonds is 6. The van der Waals surface area contributed by atoms with E-state index in [4.69, 9.17) is 0 Å². The maximum atomic E-state index is 11.5. The summed E-state index contributed by atoms with van der Waals surface area (Å²) in [5.74, 6) is 0.794. The van der Waals surface area contributed by atoms with E-state index in [-0.39, 0.29) is 11.3 Å². The molecule has 0 radical (unpaired) electrons. The van der Waals surface area contributed by atoms with Crippen molar-refractivity contribution >= 4 is 6.09 Å². The Labute approximate surface area is 165 Å². The summed E-state index contributed by atoms with van der Waals surface area (Å²) in [6.45, 7) is 6.54. The Morgan fingerprint density at radius 3 is 2.25 bits per heavy atom. The SMILES string of the molecule is CC(C)(C)C(C[C@@H](NC(=O)O)c1nc(-c2ccccc2)c[nH]1)c1ccccc1. The van der Waals surface area contributed by atoms with Gasteiger partial charge in [0.1, 0.15) is 5.82 Å². The number of benzene rings is 2. The molecule has 0 bridgehead atoms. The number of carboxylic acid groups (broad SMARTS) is 1. The van der Waals surface area contributed by atoms with Gasteiger partial charge in [-0.25, -0.2) is 9.78 Å². The third kappa shape index (κ3) is 4.80. The standard InChI is InChI=1S/C23H27N3O2/c1-23(2,3)18(16-10-6-4-7-11-16)14-19(26-22(27)28)21-24-15-20(25-21)17-12-8-5-9-13-17/h4-13,15,18-19,26H,14H2,1-3H3,(H,24,25)(H,27,28)/t18?,19-/m1/s1. The van der Waals surface area contributed by atoms with E-state index in [1.807, 2.05) is 54.7 Å². The van der Waals surface area contributed by atoms with Gasteiger partial charge < -0.3 is 15.4 Å². The molecule has 0 aliphatic carbocycles. The van der Waals surface area contributed by atoms with E-state index in [0.29, 0.717) is 12.2 Å². The van der Waals surface area contributed by atoms with Crippen LogP contribution in [0.5, 0.6) is 0 Å². The van der Waals surface area contributed by atoms with Crippen LogP contribution in [0.15, 0.2) is 66.9 Å². The lowest BCUT2D eigenvalue weighted by Gasteiger charge is -2.33. The number of aromatic amines is 1. The monoisotopic (exact) mass is 377 g/mol. The van der Waals surface area contributed by atoms with Crippen LogP contribution in [-0.2, 0) is 0 Å². The molecule has 1 unspecified atom stereocenters. The molecule has 2 aromatic carbocycles. The van der Waals surface area contributed by atoms with Gasteiger partial charge in [0.2, 0.25) is 0 Å². The molecule has 5 nitrogen and oxygen atoms in total. The molecular weight excluding hydrogens is 350 g/mol. The summed E-state index contributed by atoms with van der Waals surface area (Å²) in [6.07, 6.45) is 1.39. The predicted molar refractivity (Wildman–Crippen MR) is 111 cm³/mol. The second-order valence-electron chi connectivity index (χ2n) is 8.10. The molecule has 3 N–H and O–H groups in total. The highest BCUT2D eigenvalue weighted by molar-refractivity contribution is 5.65. The zero-order valence-electron chi connectivity index (χ0n) is 16.5. The molecule has 146 valence electrons. The minimum Gasteiger partial charge on any atom is -0.465 e. The van der Waals surface area contributed by atoms with Crippen LogP contribution in [0.2, 0.25) is 0 Å². The van der Waals surface area contributed by atoms with Crippen LogP contribution in [0.1, 0.15) is 50.5 Å². The van der Waals surface area contributed by atoms with Crippen LogP contribution in [0, 0.1) is 5.41 Å². The topological polar surface area (TPSA) is 78.0 Å². The third-order valence-electron chi connectivity index (χ3n) is 5.01. The maximum absolute atomic E-state index is 11.5. The fraction of sp³-hybridized carbons (Fsp3) is 0.304. The van der Waals surface area contributed by atoms with Crippen molar-refractivity contribution in [1.29, 1.82) is 0 Å². The number of amides is 1. The predicted octanol–water partition coefficient (Wildman–Crippen LogP) is 5.61. The van der Waals surface area contributed by atoms with Crippen LogP contribution in [0.4, 0.5) is 4.79 Å². The molecule has 1 aromatic heterocycles. The molecular formula is C23H27N3O2. The first-order chi connectivity index (χ1) is 13.3. The molecule has 0 aliphatic rings. The van der Waals surface area contributed by atoms with Gasteiger partial charge >= 0.3 is 6.09 Å². The van der Waals surface area contributed by atoms with Gasteiger partial charge in [-0.2, -0.15) is 0 Å². The summed E-state index contributed by atoms with van der Waals surface area (Å²) in [7, 11) is 0. The third-order valence-corrected chi connectivity index (χ3v) is 5.01.